The highest BCUT2D eigenvalue weighted by Gasteiger charge is 1.74. The third-order valence-corrected chi connectivity index (χ3v) is 1.30. The van der Waals surface area contributed by atoms with Crippen LogP contribution in [0.5, 0.6) is 5.75 Å². The summed E-state index contributed by atoms with van der Waals surface area (Å²) in [7, 11) is 0. The van der Waals surface area contributed by atoms with Crippen LogP contribution in [0.15, 0.2) is 54.6 Å². The zero-order valence-electron chi connectivity index (χ0n) is 8.30. The molecular formula is C12H16O2. The van der Waals surface area contributed by atoms with E-state index in [9.17, 15) is 0 Å². The Labute approximate surface area is 84.8 Å². The smallest absolute Gasteiger partial charge is 0.115 e. The van der Waals surface area contributed by atoms with Crippen molar-refractivity contribution in [1.82, 2.24) is 0 Å². The lowest BCUT2D eigenvalue weighted by atomic mass is 10.3. The third kappa shape index (κ3) is 8.56. The van der Waals surface area contributed by atoms with Crippen LogP contribution in [0.1, 0.15) is 6.92 Å². The van der Waals surface area contributed by atoms with Gasteiger partial charge in [-0.25, -0.2) is 0 Å². The van der Waals surface area contributed by atoms with Crippen LogP contribution in [0.3, 0.4) is 0 Å². The highest BCUT2D eigenvalue weighted by Crippen LogP contribution is 2.02. The molecule has 0 unspecified atom stereocenters. The van der Waals surface area contributed by atoms with E-state index in [2.05, 4.69) is 0 Å². The first-order chi connectivity index (χ1) is 6.81. The second kappa shape index (κ2) is 9.55. The molecule has 0 saturated heterocycles. The van der Waals surface area contributed by atoms with Crippen molar-refractivity contribution in [3.05, 3.63) is 54.6 Å². The highest BCUT2D eigenvalue weighted by atomic mass is 16.3. The van der Waals surface area contributed by atoms with Crippen molar-refractivity contribution in [2.45, 2.75) is 6.92 Å². The van der Waals surface area contributed by atoms with Crippen LogP contribution < -0.4 is 0 Å². The molecule has 0 heterocycles. The molecule has 0 aliphatic carbocycles. The molecule has 0 radical (unpaired) electrons. The van der Waals surface area contributed by atoms with Gasteiger partial charge >= 0.3 is 0 Å². The number of aromatic hydroxyl groups is 1. The van der Waals surface area contributed by atoms with Gasteiger partial charge in [-0.3, -0.25) is 0 Å². The fourth-order valence-corrected chi connectivity index (χ4v) is 0.679. The number of phenols is 1. The van der Waals surface area contributed by atoms with Crippen molar-refractivity contribution in [1.29, 1.82) is 0 Å². The number of benzene rings is 1. The Bertz CT molecular complexity index is 263. The van der Waals surface area contributed by atoms with Gasteiger partial charge in [0.2, 0.25) is 0 Å². The first-order valence-corrected chi connectivity index (χ1v) is 4.44. The first kappa shape index (κ1) is 12.5. The van der Waals surface area contributed by atoms with Gasteiger partial charge in [-0.15, -0.1) is 0 Å². The molecule has 0 spiro atoms. The number of hydrogen-bond acceptors (Lipinski definition) is 2. The summed E-state index contributed by atoms with van der Waals surface area (Å²) >= 11 is 0. The monoisotopic (exact) mass is 192 g/mol. The van der Waals surface area contributed by atoms with Crippen molar-refractivity contribution in [3.63, 3.8) is 0 Å². The van der Waals surface area contributed by atoms with E-state index >= 15 is 0 Å². The van der Waals surface area contributed by atoms with Crippen LogP contribution >= 0.6 is 0 Å². The maximum absolute atomic E-state index is 8.63. The number of aliphatic hydroxyl groups is 1. The molecule has 2 nitrogen and oxygen atoms in total. The maximum Gasteiger partial charge on any atom is 0.115 e. The molecule has 2 N–H and O–H groups in total. The van der Waals surface area contributed by atoms with Crippen LogP contribution in [-0.2, 0) is 0 Å². The van der Waals surface area contributed by atoms with Crippen molar-refractivity contribution in [3.8, 4) is 5.75 Å². The Morgan fingerprint density at radius 3 is 2.14 bits per heavy atom. The van der Waals surface area contributed by atoms with Crippen molar-refractivity contribution < 1.29 is 10.2 Å². The Balaban J connectivity index is 0.000000241. The van der Waals surface area contributed by atoms with Gasteiger partial charge in [0, 0.05) is 0 Å². The SMILES string of the molecule is C/C=C/C=C/CO.Oc1ccccc1. The lowest BCUT2D eigenvalue weighted by molar-refractivity contribution is 0.343. The predicted octanol–water partition coefficient (Wildman–Crippen LogP) is 2.50. The second-order valence-corrected chi connectivity index (χ2v) is 2.47. The minimum absolute atomic E-state index is 0.129. The van der Waals surface area contributed by atoms with E-state index in [1.54, 1.807) is 36.4 Å². The molecule has 0 aliphatic rings. The van der Waals surface area contributed by atoms with Crippen LogP contribution in [-0.4, -0.2) is 16.8 Å². The molecule has 0 amide bonds. The average molecular weight is 192 g/mol. The summed E-state index contributed by atoms with van der Waals surface area (Å²) in [6, 6.07) is 8.71. The van der Waals surface area contributed by atoms with Gasteiger partial charge in [0.15, 0.2) is 0 Å². The zero-order chi connectivity index (χ0) is 10.6. The molecule has 0 atom stereocenters. The Kier molecular flexibility index (Phi) is 8.50. The molecule has 14 heavy (non-hydrogen) atoms. The molecule has 2 heteroatoms. The van der Waals surface area contributed by atoms with Gasteiger partial charge in [-0.2, -0.15) is 0 Å². The molecular weight excluding hydrogens is 176 g/mol. The Morgan fingerprint density at radius 1 is 1.14 bits per heavy atom. The van der Waals surface area contributed by atoms with E-state index in [-0.39, 0.29) is 6.61 Å². The number of para-hydroxylation sites is 1. The fraction of sp³-hybridized carbons (Fsp3) is 0.167. The van der Waals surface area contributed by atoms with Gasteiger partial charge in [-0.05, 0) is 19.1 Å². The van der Waals surface area contributed by atoms with Crippen LogP contribution in [0.2, 0.25) is 0 Å². The lowest BCUT2D eigenvalue weighted by Crippen LogP contribution is -1.66. The van der Waals surface area contributed by atoms with Gasteiger partial charge in [0.05, 0.1) is 6.61 Å². The standard InChI is InChI=1S/C6H6O.C6H10O/c7-6-4-2-1-3-5-6;1-2-3-4-5-6-7/h1-5,7H;2-5,7H,6H2,1H3/b;3-2+,5-4+. The predicted molar refractivity (Wildman–Crippen MR) is 59.1 cm³/mol. The number of hydrogen-bond donors (Lipinski definition) is 2. The van der Waals surface area contributed by atoms with Crippen LogP contribution in [0.4, 0.5) is 0 Å². The summed E-state index contributed by atoms with van der Waals surface area (Å²) in [5.74, 6) is 0.322. The quantitative estimate of drug-likeness (QED) is 0.707. The van der Waals surface area contributed by atoms with Crippen molar-refractivity contribution in [2.75, 3.05) is 6.61 Å². The summed E-state index contributed by atoms with van der Waals surface area (Å²) in [5.41, 5.74) is 0. The van der Waals surface area contributed by atoms with E-state index in [1.807, 2.05) is 25.1 Å². The van der Waals surface area contributed by atoms with Gasteiger partial charge in [-0.1, -0.05) is 42.5 Å². The molecule has 0 saturated carbocycles. The van der Waals surface area contributed by atoms with Gasteiger partial charge in [0.1, 0.15) is 5.75 Å². The fourth-order valence-electron chi connectivity index (χ4n) is 0.679. The van der Waals surface area contributed by atoms with Gasteiger partial charge in [0.25, 0.3) is 0 Å². The molecule has 0 fully saturated rings. The molecule has 1 aromatic carbocycles. The highest BCUT2D eigenvalue weighted by molar-refractivity contribution is 5.18. The summed E-state index contributed by atoms with van der Waals surface area (Å²) < 4.78 is 0. The molecule has 76 valence electrons. The number of aliphatic hydroxyl groups excluding tert-OH is 1. The summed E-state index contributed by atoms with van der Waals surface area (Å²) in [6.07, 6.45) is 7.27. The van der Waals surface area contributed by atoms with Gasteiger partial charge < -0.3 is 10.2 Å². The van der Waals surface area contributed by atoms with Crippen molar-refractivity contribution in [2.24, 2.45) is 0 Å². The minimum atomic E-state index is 0.129. The topological polar surface area (TPSA) is 40.5 Å². The summed E-state index contributed by atoms with van der Waals surface area (Å²) in [4.78, 5) is 0. The molecule has 1 aromatic rings. The van der Waals surface area contributed by atoms with Crippen LogP contribution in [0, 0.1) is 0 Å². The van der Waals surface area contributed by atoms with E-state index in [0.717, 1.165) is 0 Å². The average Bonchev–Trinajstić information content (AvgIpc) is 2.21. The first-order valence-electron chi connectivity index (χ1n) is 4.44. The van der Waals surface area contributed by atoms with E-state index in [1.165, 1.54) is 0 Å². The maximum atomic E-state index is 8.63. The number of allylic oxidation sites excluding steroid dienone is 3. The molecule has 0 aliphatic heterocycles. The number of phenolic OH excluding ortho intramolecular Hbond substituents is 1. The third-order valence-electron chi connectivity index (χ3n) is 1.30. The summed E-state index contributed by atoms with van der Waals surface area (Å²) in [5, 5.41) is 16.8. The van der Waals surface area contributed by atoms with E-state index < -0.39 is 0 Å². The number of rotatable bonds is 2. The Hall–Kier alpha value is -1.54. The van der Waals surface area contributed by atoms with Crippen LogP contribution in [0.25, 0.3) is 0 Å². The lowest BCUT2D eigenvalue weighted by Gasteiger charge is -1.82. The summed E-state index contributed by atoms with van der Waals surface area (Å²) in [6.45, 7) is 2.06. The second-order valence-electron chi connectivity index (χ2n) is 2.47. The normalized spacial score (nSPS) is 10.1. The van der Waals surface area contributed by atoms with Crippen molar-refractivity contribution >= 4 is 0 Å². The molecule has 0 bridgehead atoms. The molecule has 0 aromatic heterocycles. The molecule has 1 rings (SSSR count). The Morgan fingerprint density at radius 2 is 1.79 bits per heavy atom. The zero-order valence-corrected chi connectivity index (χ0v) is 8.30. The minimum Gasteiger partial charge on any atom is -0.508 e. The largest absolute Gasteiger partial charge is 0.508 e. The van der Waals surface area contributed by atoms with E-state index in [0.29, 0.717) is 5.75 Å². The van der Waals surface area contributed by atoms with E-state index in [4.69, 9.17) is 10.2 Å².